The summed E-state index contributed by atoms with van der Waals surface area (Å²) in [6.07, 6.45) is 2.41. The molecule has 0 radical (unpaired) electrons. The number of nitrogens with zero attached hydrogens (tertiary/aromatic N) is 2. The Morgan fingerprint density at radius 1 is 1.21 bits per heavy atom. The van der Waals surface area contributed by atoms with Gasteiger partial charge in [0.25, 0.3) is 0 Å². The van der Waals surface area contributed by atoms with Crippen molar-refractivity contribution in [3.63, 3.8) is 0 Å². The first-order valence-electron chi connectivity index (χ1n) is 11.7. The van der Waals surface area contributed by atoms with Gasteiger partial charge in [0, 0.05) is 42.7 Å². The number of anilines is 1. The second kappa shape index (κ2) is 12.4. The zero-order chi connectivity index (χ0) is 25.3. The van der Waals surface area contributed by atoms with Gasteiger partial charge in [0.05, 0.1) is 18.3 Å². The number of amides is 2. The minimum absolute atomic E-state index is 0.0701. The number of carboxylic acids is 1. The number of hydrogen-bond donors (Lipinski definition) is 4. The number of fused-ring (bicyclic) bond motifs is 1. The average Bonchev–Trinajstić information content (AvgIpc) is 2.79. The highest BCUT2D eigenvalue weighted by molar-refractivity contribution is 5.92. The van der Waals surface area contributed by atoms with Crippen molar-refractivity contribution in [2.75, 3.05) is 38.7 Å². The van der Waals surface area contributed by atoms with Gasteiger partial charge in [0.15, 0.2) is 0 Å². The Morgan fingerprint density at radius 3 is 2.56 bits per heavy atom. The van der Waals surface area contributed by atoms with Crippen molar-refractivity contribution in [3.8, 4) is 5.75 Å². The third-order valence-corrected chi connectivity index (χ3v) is 5.67. The second-order valence-electron chi connectivity index (χ2n) is 9.52. The van der Waals surface area contributed by atoms with E-state index in [9.17, 15) is 14.7 Å². The van der Waals surface area contributed by atoms with Crippen molar-refractivity contribution in [1.82, 2.24) is 15.6 Å². The Hall–Kier alpha value is -3.07. The van der Waals surface area contributed by atoms with Crippen molar-refractivity contribution >= 4 is 28.6 Å². The van der Waals surface area contributed by atoms with E-state index in [0.29, 0.717) is 38.9 Å². The lowest BCUT2D eigenvalue weighted by Crippen LogP contribution is -2.46. The Kier molecular flexibility index (Phi) is 9.92. The van der Waals surface area contributed by atoms with Crippen LogP contribution in [-0.2, 0) is 10.2 Å². The minimum atomic E-state index is -1.04. The normalized spacial score (nSPS) is 12.3. The Bertz CT molecular complexity index is 974. The highest BCUT2D eigenvalue weighted by atomic mass is 16.5. The Balaban J connectivity index is 2.00. The number of carboxylic acid groups (broad SMARTS) is 1. The molecule has 1 atom stereocenters. The van der Waals surface area contributed by atoms with E-state index >= 15 is 0 Å². The van der Waals surface area contributed by atoms with Gasteiger partial charge in [-0.25, -0.2) is 9.59 Å². The van der Waals surface area contributed by atoms with Gasteiger partial charge in [0.2, 0.25) is 0 Å². The summed E-state index contributed by atoms with van der Waals surface area (Å²) in [6, 6.07) is 6.67. The van der Waals surface area contributed by atoms with Crippen LogP contribution < -0.4 is 26.0 Å². The summed E-state index contributed by atoms with van der Waals surface area (Å²) < 4.78 is 5.48. The number of nitrogens with one attached hydrogen (secondary N) is 2. The van der Waals surface area contributed by atoms with Crippen LogP contribution in [0.3, 0.4) is 0 Å². The summed E-state index contributed by atoms with van der Waals surface area (Å²) in [4.78, 5) is 30.5. The summed E-state index contributed by atoms with van der Waals surface area (Å²) in [7, 11) is 3.63. The molecular weight excluding hydrogens is 434 g/mol. The van der Waals surface area contributed by atoms with E-state index in [1.807, 2.05) is 19.2 Å². The number of urea groups is 1. The van der Waals surface area contributed by atoms with Crippen molar-refractivity contribution < 1.29 is 19.4 Å². The standard InChI is InChI=1S/C25H39N5O4/c1-25(2,3)21-11-10-17-15-18(34-5)16-20(22(17)29-21)30(4)14-8-13-27-24(33)28-19(23(31)32)9-6-7-12-26/h10-11,15-16,19H,6-9,12-14,26H2,1-5H3,(H,31,32)(H2,27,28,33)/t19-/m1/s1. The Morgan fingerprint density at radius 2 is 1.94 bits per heavy atom. The first kappa shape index (κ1) is 27.2. The number of pyridine rings is 1. The number of aliphatic carboxylic acids is 1. The molecule has 2 aromatic rings. The van der Waals surface area contributed by atoms with Crippen LogP contribution in [0.5, 0.6) is 5.75 Å². The second-order valence-corrected chi connectivity index (χ2v) is 9.52. The first-order valence-corrected chi connectivity index (χ1v) is 11.7. The fraction of sp³-hybridized carbons (Fsp3) is 0.560. The molecule has 1 heterocycles. The van der Waals surface area contributed by atoms with Crippen molar-refractivity contribution in [2.24, 2.45) is 5.73 Å². The molecule has 0 saturated heterocycles. The quantitative estimate of drug-likeness (QED) is 0.348. The van der Waals surface area contributed by atoms with Crippen molar-refractivity contribution in [1.29, 1.82) is 0 Å². The minimum Gasteiger partial charge on any atom is -0.497 e. The molecule has 34 heavy (non-hydrogen) atoms. The topological polar surface area (TPSA) is 130 Å². The van der Waals surface area contributed by atoms with E-state index in [0.717, 1.165) is 34.5 Å². The first-order chi connectivity index (χ1) is 16.1. The van der Waals surface area contributed by atoms with Gasteiger partial charge < -0.3 is 31.1 Å². The van der Waals surface area contributed by atoms with E-state index in [1.54, 1.807) is 7.11 Å². The van der Waals surface area contributed by atoms with E-state index in [4.69, 9.17) is 15.5 Å². The van der Waals surface area contributed by atoms with E-state index in [-0.39, 0.29) is 5.41 Å². The van der Waals surface area contributed by atoms with Crippen LogP contribution in [0, 0.1) is 0 Å². The average molecular weight is 474 g/mol. The molecule has 1 aromatic heterocycles. The lowest BCUT2D eigenvalue weighted by molar-refractivity contribution is -0.139. The highest BCUT2D eigenvalue weighted by Crippen LogP contribution is 2.32. The fourth-order valence-corrected chi connectivity index (χ4v) is 3.61. The largest absolute Gasteiger partial charge is 0.497 e. The zero-order valence-corrected chi connectivity index (χ0v) is 21.0. The summed E-state index contributed by atoms with van der Waals surface area (Å²) >= 11 is 0. The van der Waals surface area contributed by atoms with Crippen LogP contribution in [0.15, 0.2) is 24.3 Å². The predicted octanol–water partition coefficient (Wildman–Crippen LogP) is 3.25. The molecule has 0 aliphatic carbocycles. The number of benzene rings is 1. The molecule has 0 saturated carbocycles. The third-order valence-electron chi connectivity index (χ3n) is 5.67. The van der Waals surface area contributed by atoms with Gasteiger partial charge in [0.1, 0.15) is 11.8 Å². The SMILES string of the molecule is COc1cc(N(C)CCCNC(=O)N[C@H](CCCCN)C(=O)O)c2nc(C(C)(C)C)ccc2c1. The maximum atomic E-state index is 12.1. The lowest BCUT2D eigenvalue weighted by Gasteiger charge is -2.24. The number of carbonyl (C=O) groups excluding carboxylic acids is 1. The molecule has 2 amide bonds. The highest BCUT2D eigenvalue weighted by Gasteiger charge is 2.20. The van der Waals surface area contributed by atoms with Crippen LogP contribution in [-0.4, -0.2) is 61.9 Å². The van der Waals surface area contributed by atoms with Gasteiger partial charge in [-0.1, -0.05) is 26.8 Å². The smallest absolute Gasteiger partial charge is 0.326 e. The maximum absolute atomic E-state index is 12.1. The van der Waals surface area contributed by atoms with Crippen LogP contribution in [0.1, 0.15) is 52.1 Å². The van der Waals surface area contributed by atoms with Crippen molar-refractivity contribution in [2.45, 2.75) is 57.9 Å². The van der Waals surface area contributed by atoms with Crippen LogP contribution in [0.4, 0.5) is 10.5 Å². The Labute approximate surface area is 202 Å². The van der Waals surface area contributed by atoms with Crippen LogP contribution in [0.2, 0.25) is 0 Å². The summed E-state index contributed by atoms with van der Waals surface area (Å²) in [5.41, 5.74) is 8.25. The number of hydrogen-bond acceptors (Lipinski definition) is 6. The summed E-state index contributed by atoms with van der Waals surface area (Å²) in [6.45, 7) is 7.99. The summed E-state index contributed by atoms with van der Waals surface area (Å²) in [5, 5.41) is 15.6. The van der Waals surface area contributed by atoms with E-state index in [1.165, 1.54) is 0 Å². The van der Waals surface area contributed by atoms with Crippen molar-refractivity contribution in [3.05, 3.63) is 30.0 Å². The van der Waals surface area contributed by atoms with E-state index in [2.05, 4.69) is 48.4 Å². The molecule has 0 unspecified atom stereocenters. The van der Waals surface area contributed by atoms with E-state index < -0.39 is 18.0 Å². The zero-order valence-electron chi connectivity index (χ0n) is 21.0. The summed E-state index contributed by atoms with van der Waals surface area (Å²) in [5.74, 6) is -0.287. The van der Waals surface area contributed by atoms with Crippen LogP contribution >= 0.6 is 0 Å². The molecule has 0 fully saturated rings. The molecule has 5 N–H and O–H groups in total. The number of methoxy groups -OCH3 is 1. The molecule has 2 rings (SSSR count). The molecule has 0 bridgehead atoms. The number of unbranched alkanes of at least 4 members (excludes halogenated alkanes) is 1. The van der Waals surface area contributed by atoms with Gasteiger partial charge in [-0.2, -0.15) is 0 Å². The number of aromatic nitrogens is 1. The maximum Gasteiger partial charge on any atom is 0.326 e. The molecule has 0 aliphatic rings. The molecule has 1 aromatic carbocycles. The molecule has 0 spiro atoms. The monoisotopic (exact) mass is 473 g/mol. The fourth-order valence-electron chi connectivity index (χ4n) is 3.61. The molecule has 188 valence electrons. The number of carbonyl (C=O) groups is 2. The number of ether oxygens (including phenoxy) is 1. The molecule has 9 heteroatoms. The molecule has 9 nitrogen and oxygen atoms in total. The number of nitrogens with two attached hydrogens (primary N) is 1. The lowest BCUT2D eigenvalue weighted by atomic mass is 9.91. The van der Waals surface area contributed by atoms with Gasteiger partial charge in [-0.05, 0) is 44.4 Å². The molecule has 0 aliphatic heterocycles. The number of rotatable bonds is 12. The van der Waals surface area contributed by atoms with Crippen LogP contribution in [0.25, 0.3) is 10.9 Å². The third kappa shape index (κ3) is 7.76. The van der Waals surface area contributed by atoms with Gasteiger partial charge >= 0.3 is 12.0 Å². The van der Waals surface area contributed by atoms with Gasteiger partial charge in [-0.15, -0.1) is 0 Å². The van der Waals surface area contributed by atoms with Gasteiger partial charge in [-0.3, -0.25) is 4.98 Å². The predicted molar refractivity (Wildman–Crippen MR) is 136 cm³/mol. The molecular formula is C25H39N5O4.